The fourth-order valence-electron chi connectivity index (χ4n) is 4.63. The Kier molecular flexibility index (Phi) is 4.79. The predicted octanol–water partition coefficient (Wildman–Crippen LogP) is 2.29. The van der Waals surface area contributed by atoms with Crippen LogP contribution in [0.25, 0.3) is 0 Å². The molecule has 0 aromatic rings. The van der Waals surface area contributed by atoms with E-state index in [2.05, 4.69) is 6.58 Å². The summed E-state index contributed by atoms with van der Waals surface area (Å²) >= 11 is 0. The van der Waals surface area contributed by atoms with Crippen LogP contribution in [0.5, 0.6) is 0 Å². The molecule has 2 fully saturated rings. The summed E-state index contributed by atoms with van der Waals surface area (Å²) in [7, 11) is 1.38. The van der Waals surface area contributed by atoms with E-state index in [0.717, 1.165) is 18.4 Å². The van der Waals surface area contributed by atoms with Gasteiger partial charge in [0.2, 0.25) is 0 Å². The molecule has 0 unspecified atom stereocenters. The van der Waals surface area contributed by atoms with Crippen LogP contribution in [-0.4, -0.2) is 35.0 Å². The van der Waals surface area contributed by atoms with Crippen molar-refractivity contribution >= 4 is 5.97 Å². The fourth-order valence-corrected chi connectivity index (χ4v) is 4.63. The lowest BCUT2D eigenvalue weighted by Gasteiger charge is -2.57. The Morgan fingerprint density at radius 3 is 2.57 bits per heavy atom. The molecule has 6 atom stereocenters. The minimum Gasteiger partial charge on any atom is -0.469 e. The van der Waals surface area contributed by atoms with E-state index >= 15 is 0 Å². The van der Waals surface area contributed by atoms with Gasteiger partial charge in [0.1, 0.15) is 0 Å². The molecule has 0 saturated heterocycles. The zero-order valence-corrected chi connectivity index (χ0v) is 13.3. The van der Waals surface area contributed by atoms with E-state index in [-0.39, 0.29) is 36.1 Å². The van der Waals surface area contributed by atoms with Crippen LogP contribution in [0.3, 0.4) is 0 Å². The molecule has 0 spiro atoms. The standard InChI is InChI=1S/C17H28O4/c1-10(2)13-7-5-11(3)17(20)12(9-15(19)21-4)6-8-14(18)16(13)17/h11-14,16,18,20H,1,5-9H2,2-4H3/t11-,12+,13+,14-,16-,17+/m0/s1. The number of methoxy groups -OCH3 is 1. The van der Waals surface area contributed by atoms with E-state index in [1.165, 1.54) is 7.11 Å². The van der Waals surface area contributed by atoms with Crippen molar-refractivity contribution in [3.63, 3.8) is 0 Å². The highest BCUT2D eigenvalue weighted by atomic mass is 16.5. The molecule has 0 heterocycles. The monoisotopic (exact) mass is 296 g/mol. The molecule has 120 valence electrons. The van der Waals surface area contributed by atoms with Gasteiger partial charge in [-0.1, -0.05) is 19.1 Å². The number of hydrogen-bond donors (Lipinski definition) is 2. The van der Waals surface area contributed by atoms with Gasteiger partial charge in [0.05, 0.1) is 25.2 Å². The molecule has 0 aromatic heterocycles. The van der Waals surface area contributed by atoms with Gasteiger partial charge >= 0.3 is 5.97 Å². The van der Waals surface area contributed by atoms with Gasteiger partial charge in [-0.15, -0.1) is 0 Å². The van der Waals surface area contributed by atoms with Gasteiger partial charge in [-0.05, 0) is 50.4 Å². The van der Waals surface area contributed by atoms with E-state index in [9.17, 15) is 15.0 Å². The third kappa shape index (κ3) is 2.76. The van der Waals surface area contributed by atoms with Crippen LogP contribution in [0.2, 0.25) is 0 Å². The van der Waals surface area contributed by atoms with Crippen LogP contribution in [-0.2, 0) is 9.53 Å². The highest BCUT2D eigenvalue weighted by Gasteiger charge is 2.58. The van der Waals surface area contributed by atoms with Crippen molar-refractivity contribution in [3.05, 3.63) is 12.2 Å². The summed E-state index contributed by atoms with van der Waals surface area (Å²) < 4.78 is 4.78. The summed E-state index contributed by atoms with van der Waals surface area (Å²) in [6.07, 6.45) is 2.85. The second kappa shape index (κ2) is 6.09. The molecule has 0 aromatic carbocycles. The topological polar surface area (TPSA) is 66.8 Å². The molecule has 0 bridgehead atoms. The molecular weight excluding hydrogens is 268 g/mol. The van der Waals surface area contributed by atoms with Crippen molar-refractivity contribution in [3.8, 4) is 0 Å². The maximum atomic E-state index is 11.7. The first-order valence-corrected chi connectivity index (χ1v) is 7.95. The Hall–Kier alpha value is -0.870. The first kappa shape index (κ1) is 16.5. The first-order chi connectivity index (χ1) is 9.82. The van der Waals surface area contributed by atoms with Gasteiger partial charge in [0.25, 0.3) is 0 Å². The minimum absolute atomic E-state index is 0.0720. The van der Waals surface area contributed by atoms with Gasteiger partial charge in [-0.2, -0.15) is 0 Å². The number of aliphatic hydroxyl groups excluding tert-OH is 1. The second-order valence-corrected chi connectivity index (χ2v) is 6.97. The number of esters is 1. The van der Waals surface area contributed by atoms with E-state index in [1.807, 2.05) is 13.8 Å². The average Bonchev–Trinajstić information content (AvgIpc) is 2.43. The molecule has 2 aliphatic carbocycles. The number of ether oxygens (including phenoxy) is 1. The number of aliphatic hydroxyl groups is 2. The SMILES string of the molecule is C=C(C)[C@H]1CC[C@H](C)[C@@]2(O)[C@@H](CC(=O)OC)CC[C@H](O)[C@H]12. The van der Waals surface area contributed by atoms with Crippen LogP contribution in [0.15, 0.2) is 12.2 Å². The van der Waals surface area contributed by atoms with E-state index in [1.54, 1.807) is 0 Å². The second-order valence-electron chi connectivity index (χ2n) is 6.97. The Bertz CT molecular complexity index is 419. The van der Waals surface area contributed by atoms with Gasteiger partial charge in [0.15, 0.2) is 0 Å². The minimum atomic E-state index is -1.01. The Morgan fingerprint density at radius 1 is 1.33 bits per heavy atom. The molecule has 2 saturated carbocycles. The molecular formula is C17H28O4. The van der Waals surface area contributed by atoms with Crippen molar-refractivity contribution in [1.29, 1.82) is 0 Å². The van der Waals surface area contributed by atoms with Crippen LogP contribution >= 0.6 is 0 Å². The molecule has 2 aliphatic rings. The first-order valence-electron chi connectivity index (χ1n) is 7.95. The number of carbonyl (C=O) groups excluding carboxylic acids is 1. The highest BCUT2D eigenvalue weighted by molar-refractivity contribution is 5.69. The lowest BCUT2D eigenvalue weighted by Crippen LogP contribution is -2.62. The molecule has 2 rings (SSSR count). The summed E-state index contributed by atoms with van der Waals surface area (Å²) in [4.78, 5) is 11.7. The summed E-state index contributed by atoms with van der Waals surface area (Å²) in [6, 6.07) is 0. The lowest BCUT2D eigenvalue weighted by atomic mass is 9.52. The van der Waals surface area contributed by atoms with Gasteiger partial charge in [0, 0.05) is 5.92 Å². The summed E-state index contributed by atoms with van der Waals surface area (Å²) in [5.41, 5.74) is 0.0105. The Labute approximate surface area is 127 Å². The molecule has 0 radical (unpaired) electrons. The maximum Gasteiger partial charge on any atom is 0.305 e. The molecule has 0 amide bonds. The fraction of sp³-hybridized carbons (Fsp3) is 0.824. The number of carbonyl (C=O) groups is 1. The lowest BCUT2D eigenvalue weighted by molar-refractivity contribution is -0.205. The molecule has 0 aliphatic heterocycles. The maximum absolute atomic E-state index is 11.7. The van der Waals surface area contributed by atoms with Crippen molar-refractivity contribution < 1.29 is 19.7 Å². The summed E-state index contributed by atoms with van der Waals surface area (Å²) in [6.45, 7) is 8.05. The highest BCUT2D eigenvalue weighted by Crippen LogP contribution is 2.54. The van der Waals surface area contributed by atoms with Gasteiger partial charge in [-0.25, -0.2) is 0 Å². The van der Waals surface area contributed by atoms with E-state index in [0.29, 0.717) is 12.8 Å². The number of rotatable bonds is 3. The van der Waals surface area contributed by atoms with E-state index < -0.39 is 11.7 Å². The zero-order valence-electron chi connectivity index (χ0n) is 13.3. The van der Waals surface area contributed by atoms with Crippen molar-refractivity contribution in [2.45, 2.75) is 57.7 Å². The van der Waals surface area contributed by atoms with Crippen LogP contribution < -0.4 is 0 Å². The average molecular weight is 296 g/mol. The predicted molar refractivity (Wildman–Crippen MR) is 80.5 cm³/mol. The zero-order chi connectivity index (χ0) is 15.8. The smallest absolute Gasteiger partial charge is 0.305 e. The van der Waals surface area contributed by atoms with Crippen LogP contribution in [0.1, 0.15) is 46.0 Å². The largest absolute Gasteiger partial charge is 0.469 e. The molecule has 2 N–H and O–H groups in total. The normalized spacial score (nSPS) is 43.0. The molecule has 4 heteroatoms. The van der Waals surface area contributed by atoms with Crippen molar-refractivity contribution in [1.82, 2.24) is 0 Å². The van der Waals surface area contributed by atoms with Gasteiger partial charge in [-0.3, -0.25) is 4.79 Å². The summed E-state index contributed by atoms with van der Waals surface area (Å²) in [5, 5.41) is 21.9. The van der Waals surface area contributed by atoms with Crippen molar-refractivity contribution in [2.24, 2.45) is 23.7 Å². The number of fused-ring (bicyclic) bond motifs is 1. The number of allylic oxidation sites excluding steroid dienone is 1. The van der Waals surface area contributed by atoms with Crippen molar-refractivity contribution in [2.75, 3.05) is 7.11 Å². The van der Waals surface area contributed by atoms with Crippen LogP contribution in [0.4, 0.5) is 0 Å². The summed E-state index contributed by atoms with van der Waals surface area (Å²) in [5.74, 6) is -0.449. The van der Waals surface area contributed by atoms with Crippen LogP contribution in [0, 0.1) is 23.7 Å². The molecule has 21 heavy (non-hydrogen) atoms. The van der Waals surface area contributed by atoms with Gasteiger partial charge < -0.3 is 14.9 Å². The third-order valence-electron chi connectivity index (χ3n) is 5.82. The van der Waals surface area contributed by atoms with E-state index in [4.69, 9.17) is 4.74 Å². The Morgan fingerprint density at radius 2 is 2.00 bits per heavy atom. The molecule has 4 nitrogen and oxygen atoms in total. The quantitative estimate of drug-likeness (QED) is 0.619. The third-order valence-corrected chi connectivity index (χ3v) is 5.82. The number of hydrogen-bond acceptors (Lipinski definition) is 4. The Balaban J connectivity index is 2.35.